The highest BCUT2D eigenvalue weighted by molar-refractivity contribution is 6.31. The Morgan fingerprint density at radius 2 is 1.18 bits per heavy atom. The Morgan fingerprint density at radius 3 is 1.85 bits per heavy atom. The first-order valence-corrected chi connectivity index (χ1v) is 11.8. The fourth-order valence-electron chi connectivity index (χ4n) is 5.90. The molecule has 0 fully saturated rings. The molecule has 0 spiro atoms. The molecule has 5 aromatic carbocycles. The number of para-hydroxylation sites is 2. The van der Waals surface area contributed by atoms with E-state index in [4.69, 9.17) is 11.6 Å². The molecule has 33 heavy (non-hydrogen) atoms. The van der Waals surface area contributed by atoms with E-state index in [1.54, 1.807) is 0 Å². The lowest BCUT2D eigenvalue weighted by Crippen LogP contribution is -2.15. The van der Waals surface area contributed by atoms with E-state index in [1.165, 1.54) is 60.5 Å². The van der Waals surface area contributed by atoms with Crippen molar-refractivity contribution in [2.75, 3.05) is 0 Å². The SMILES string of the molecule is CC1(C)c2cc(Cl)ccc2-c2c1cc(-n1c3ccccc3c3ccccc31)c1ccccc21. The van der Waals surface area contributed by atoms with Crippen LogP contribution in [0, 0.1) is 0 Å². The molecule has 0 radical (unpaired) electrons. The van der Waals surface area contributed by atoms with Gasteiger partial charge in [-0.1, -0.05) is 92.2 Å². The smallest absolute Gasteiger partial charge is 0.0544 e. The van der Waals surface area contributed by atoms with Gasteiger partial charge < -0.3 is 4.57 Å². The Hall–Kier alpha value is -3.55. The topological polar surface area (TPSA) is 4.93 Å². The van der Waals surface area contributed by atoms with Gasteiger partial charge in [-0.3, -0.25) is 0 Å². The Morgan fingerprint density at radius 1 is 0.606 bits per heavy atom. The first-order chi connectivity index (χ1) is 16.1. The van der Waals surface area contributed by atoms with Crippen molar-refractivity contribution in [2.45, 2.75) is 19.3 Å². The molecular formula is C31H22ClN. The van der Waals surface area contributed by atoms with E-state index in [9.17, 15) is 0 Å². The molecule has 2 heteroatoms. The molecule has 158 valence electrons. The zero-order valence-corrected chi connectivity index (χ0v) is 19.3. The van der Waals surface area contributed by atoms with Crippen LogP contribution < -0.4 is 0 Å². The fraction of sp³-hybridized carbons (Fsp3) is 0.0968. The number of fused-ring (bicyclic) bond motifs is 8. The molecule has 1 aromatic heterocycles. The van der Waals surface area contributed by atoms with Gasteiger partial charge in [-0.2, -0.15) is 0 Å². The van der Waals surface area contributed by atoms with Gasteiger partial charge in [0.05, 0.1) is 16.7 Å². The van der Waals surface area contributed by atoms with E-state index in [-0.39, 0.29) is 5.41 Å². The molecule has 6 aromatic rings. The van der Waals surface area contributed by atoms with E-state index < -0.39 is 0 Å². The quantitative estimate of drug-likeness (QED) is 0.239. The monoisotopic (exact) mass is 443 g/mol. The van der Waals surface area contributed by atoms with Crippen LogP contribution in [0.1, 0.15) is 25.0 Å². The summed E-state index contributed by atoms with van der Waals surface area (Å²) in [6.07, 6.45) is 0. The Balaban J connectivity index is 1.68. The van der Waals surface area contributed by atoms with Gasteiger partial charge in [0.1, 0.15) is 0 Å². The lowest BCUT2D eigenvalue weighted by Gasteiger charge is -2.23. The molecule has 0 N–H and O–H groups in total. The fourth-order valence-corrected chi connectivity index (χ4v) is 6.08. The molecule has 0 atom stereocenters. The third-order valence-electron chi connectivity index (χ3n) is 7.44. The second-order valence-electron chi connectivity index (χ2n) is 9.55. The maximum Gasteiger partial charge on any atom is 0.0544 e. The zero-order chi connectivity index (χ0) is 22.3. The van der Waals surface area contributed by atoms with Crippen molar-refractivity contribution >= 4 is 44.2 Å². The van der Waals surface area contributed by atoms with E-state index in [0.717, 1.165) is 5.02 Å². The summed E-state index contributed by atoms with van der Waals surface area (Å²) in [5, 5.41) is 5.92. The molecule has 1 nitrogen and oxygen atoms in total. The van der Waals surface area contributed by atoms with Crippen LogP contribution in [0.15, 0.2) is 97.1 Å². The number of halogens is 1. The molecular weight excluding hydrogens is 422 g/mol. The van der Waals surface area contributed by atoms with Gasteiger partial charge in [0, 0.05) is 26.6 Å². The zero-order valence-electron chi connectivity index (χ0n) is 18.6. The normalized spacial score (nSPS) is 14.2. The van der Waals surface area contributed by atoms with Gasteiger partial charge >= 0.3 is 0 Å². The van der Waals surface area contributed by atoms with Gasteiger partial charge in [0.2, 0.25) is 0 Å². The number of aromatic nitrogens is 1. The summed E-state index contributed by atoms with van der Waals surface area (Å²) in [5.41, 5.74) is 8.86. The molecule has 0 aliphatic heterocycles. The summed E-state index contributed by atoms with van der Waals surface area (Å²) < 4.78 is 2.44. The van der Waals surface area contributed by atoms with E-state index in [2.05, 4.69) is 109 Å². The van der Waals surface area contributed by atoms with Crippen molar-refractivity contribution in [3.05, 3.63) is 113 Å². The first kappa shape index (κ1) is 19.0. The van der Waals surface area contributed by atoms with Crippen LogP contribution in [0.3, 0.4) is 0 Å². The number of hydrogen-bond acceptors (Lipinski definition) is 0. The second kappa shape index (κ2) is 6.50. The number of rotatable bonds is 1. The molecule has 0 unspecified atom stereocenters. The van der Waals surface area contributed by atoms with Crippen LogP contribution in [0.25, 0.3) is 49.4 Å². The number of nitrogens with zero attached hydrogens (tertiary/aromatic N) is 1. The third kappa shape index (κ3) is 2.43. The largest absolute Gasteiger partial charge is 0.309 e. The minimum Gasteiger partial charge on any atom is -0.309 e. The highest BCUT2D eigenvalue weighted by atomic mass is 35.5. The van der Waals surface area contributed by atoms with Crippen molar-refractivity contribution in [2.24, 2.45) is 0 Å². The maximum absolute atomic E-state index is 6.45. The Labute approximate surface area is 197 Å². The predicted molar refractivity (Wildman–Crippen MR) is 141 cm³/mol. The minimum absolute atomic E-state index is 0.132. The molecule has 0 saturated heterocycles. The van der Waals surface area contributed by atoms with Crippen LogP contribution in [0.5, 0.6) is 0 Å². The molecule has 0 bridgehead atoms. The predicted octanol–water partition coefficient (Wildman–Crippen LogP) is 8.90. The molecule has 0 amide bonds. The highest BCUT2D eigenvalue weighted by Gasteiger charge is 2.37. The van der Waals surface area contributed by atoms with Crippen LogP contribution in [-0.4, -0.2) is 4.57 Å². The lowest BCUT2D eigenvalue weighted by molar-refractivity contribution is 0.660. The summed E-state index contributed by atoms with van der Waals surface area (Å²) in [5.74, 6) is 0. The van der Waals surface area contributed by atoms with Gasteiger partial charge in [-0.25, -0.2) is 0 Å². The summed E-state index contributed by atoms with van der Waals surface area (Å²) in [4.78, 5) is 0. The Bertz CT molecular complexity index is 1700. The average molecular weight is 444 g/mol. The molecule has 7 rings (SSSR count). The van der Waals surface area contributed by atoms with E-state index >= 15 is 0 Å². The summed E-state index contributed by atoms with van der Waals surface area (Å²) in [6, 6.07) is 35.0. The van der Waals surface area contributed by atoms with Gasteiger partial charge in [0.25, 0.3) is 0 Å². The third-order valence-corrected chi connectivity index (χ3v) is 7.68. The van der Waals surface area contributed by atoms with Crippen LogP contribution in [0.4, 0.5) is 0 Å². The maximum atomic E-state index is 6.45. The Kier molecular flexibility index (Phi) is 3.73. The second-order valence-corrected chi connectivity index (χ2v) is 9.98. The van der Waals surface area contributed by atoms with Gasteiger partial charge in [0.15, 0.2) is 0 Å². The highest BCUT2D eigenvalue weighted by Crippen LogP contribution is 2.53. The van der Waals surface area contributed by atoms with Crippen molar-refractivity contribution in [1.82, 2.24) is 4.57 Å². The van der Waals surface area contributed by atoms with Gasteiger partial charge in [-0.05, 0) is 58.0 Å². The summed E-state index contributed by atoms with van der Waals surface area (Å²) >= 11 is 6.45. The molecule has 1 aliphatic carbocycles. The van der Waals surface area contributed by atoms with Crippen molar-refractivity contribution < 1.29 is 0 Å². The van der Waals surface area contributed by atoms with Crippen LogP contribution >= 0.6 is 11.6 Å². The first-order valence-electron chi connectivity index (χ1n) is 11.4. The van der Waals surface area contributed by atoms with Crippen LogP contribution in [0.2, 0.25) is 5.02 Å². The summed E-state index contributed by atoms with van der Waals surface area (Å²) in [7, 11) is 0. The van der Waals surface area contributed by atoms with E-state index in [0.29, 0.717) is 0 Å². The lowest BCUT2D eigenvalue weighted by atomic mass is 9.81. The van der Waals surface area contributed by atoms with Gasteiger partial charge in [-0.15, -0.1) is 0 Å². The number of hydrogen-bond donors (Lipinski definition) is 0. The molecule has 1 aliphatic rings. The summed E-state index contributed by atoms with van der Waals surface area (Å²) in [6.45, 7) is 4.64. The minimum atomic E-state index is -0.132. The standard InChI is InChI=1S/C31H22ClN/c1-31(2)25-17-19(32)15-16-24(25)30-23-12-4-3-11-22(23)29(18-26(30)31)33-27-13-7-5-9-20(27)21-10-6-8-14-28(21)33/h3-18H,1-2H3. The van der Waals surface area contributed by atoms with Crippen molar-refractivity contribution in [3.63, 3.8) is 0 Å². The average Bonchev–Trinajstić information content (AvgIpc) is 3.28. The van der Waals surface area contributed by atoms with Crippen LogP contribution in [-0.2, 0) is 5.41 Å². The van der Waals surface area contributed by atoms with Crippen molar-refractivity contribution in [1.29, 1.82) is 0 Å². The number of benzene rings is 5. The molecule has 1 heterocycles. The van der Waals surface area contributed by atoms with E-state index in [1.807, 2.05) is 6.07 Å². The van der Waals surface area contributed by atoms with Crippen molar-refractivity contribution in [3.8, 4) is 16.8 Å². The molecule has 0 saturated carbocycles.